The molecule has 0 aliphatic rings. The number of aromatic nitrogens is 2. The Labute approximate surface area is 150 Å². The van der Waals surface area contributed by atoms with Crippen molar-refractivity contribution in [2.45, 2.75) is 26.5 Å². The average molecular weight is 357 g/mol. The Hall–Kier alpha value is -2.67. The molecule has 0 saturated carbocycles. The summed E-state index contributed by atoms with van der Waals surface area (Å²) in [5.74, 6) is 1.49. The number of nitrogens with zero attached hydrogens (tertiary/aromatic N) is 3. The quantitative estimate of drug-likeness (QED) is 0.646. The Bertz CT molecular complexity index is 802. The molecule has 0 unspecified atom stereocenters. The predicted molar refractivity (Wildman–Crippen MR) is 95.2 cm³/mol. The van der Waals surface area contributed by atoms with Gasteiger partial charge in [0.15, 0.2) is 6.10 Å². The third-order valence-electron chi connectivity index (χ3n) is 3.63. The molecule has 0 aliphatic carbocycles. The third kappa shape index (κ3) is 4.24. The number of likely N-dealkylation sites (N-methyl/N-ethyl adjacent to an activating group) is 1. The molecule has 0 saturated heterocycles. The fraction of sp³-hybridized carbons (Fsp3) is 0.278. The zero-order valence-corrected chi connectivity index (χ0v) is 14.9. The molecule has 0 fully saturated rings. The van der Waals surface area contributed by atoms with Crippen molar-refractivity contribution in [1.29, 1.82) is 0 Å². The molecule has 1 atom stereocenters. The molecule has 3 aromatic rings. The second-order valence-electron chi connectivity index (χ2n) is 5.41. The summed E-state index contributed by atoms with van der Waals surface area (Å²) in [4.78, 5) is 19.6. The SMILES string of the molecule is CCN(Cc1nc(-c2cccs2)no1)C(=O)[C@@H](C)Oc1ccccc1. The maximum Gasteiger partial charge on any atom is 0.263 e. The van der Waals surface area contributed by atoms with Crippen LogP contribution < -0.4 is 4.74 Å². The maximum atomic E-state index is 12.6. The summed E-state index contributed by atoms with van der Waals surface area (Å²) in [6, 6.07) is 13.1. The molecular formula is C18H19N3O3S. The van der Waals surface area contributed by atoms with Crippen molar-refractivity contribution in [2.24, 2.45) is 0 Å². The van der Waals surface area contributed by atoms with Gasteiger partial charge < -0.3 is 14.2 Å². The van der Waals surface area contributed by atoms with Gasteiger partial charge in [0, 0.05) is 6.54 Å². The van der Waals surface area contributed by atoms with Crippen molar-refractivity contribution in [3.63, 3.8) is 0 Å². The highest BCUT2D eigenvalue weighted by Gasteiger charge is 2.23. The fourth-order valence-electron chi connectivity index (χ4n) is 2.34. The van der Waals surface area contributed by atoms with E-state index in [1.807, 2.05) is 54.8 Å². The molecule has 0 bridgehead atoms. The van der Waals surface area contributed by atoms with Gasteiger partial charge >= 0.3 is 0 Å². The minimum Gasteiger partial charge on any atom is -0.481 e. The summed E-state index contributed by atoms with van der Waals surface area (Å²) < 4.78 is 11.0. The van der Waals surface area contributed by atoms with E-state index in [0.29, 0.717) is 24.0 Å². The molecule has 1 aromatic carbocycles. The minimum absolute atomic E-state index is 0.123. The van der Waals surface area contributed by atoms with Gasteiger partial charge in [-0.1, -0.05) is 29.4 Å². The van der Waals surface area contributed by atoms with Crippen molar-refractivity contribution in [2.75, 3.05) is 6.54 Å². The van der Waals surface area contributed by atoms with E-state index in [1.54, 1.807) is 23.2 Å². The van der Waals surface area contributed by atoms with Crippen LogP contribution in [0, 0.1) is 0 Å². The molecule has 3 rings (SSSR count). The van der Waals surface area contributed by atoms with Crippen LogP contribution >= 0.6 is 11.3 Å². The summed E-state index contributed by atoms with van der Waals surface area (Å²) in [5, 5.41) is 5.93. The number of para-hydroxylation sites is 1. The molecule has 0 aliphatic heterocycles. The smallest absolute Gasteiger partial charge is 0.263 e. The first-order chi connectivity index (χ1) is 12.2. The van der Waals surface area contributed by atoms with Crippen molar-refractivity contribution in [3.05, 3.63) is 53.7 Å². The monoisotopic (exact) mass is 357 g/mol. The molecule has 2 aromatic heterocycles. The van der Waals surface area contributed by atoms with Gasteiger partial charge in [0.25, 0.3) is 5.91 Å². The Morgan fingerprint density at radius 2 is 2.08 bits per heavy atom. The van der Waals surface area contributed by atoms with Gasteiger partial charge in [0.05, 0.1) is 4.88 Å². The van der Waals surface area contributed by atoms with E-state index in [2.05, 4.69) is 10.1 Å². The summed E-state index contributed by atoms with van der Waals surface area (Å²) in [7, 11) is 0. The number of carbonyl (C=O) groups excluding carboxylic acids is 1. The van der Waals surface area contributed by atoms with Gasteiger partial charge in [-0.2, -0.15) is 4.98 Å². The number of benzene rings is 1. The van der Waals surface area contributed by atoms with E-state index in [1.165, 1.54) is 0 Å². The van der Waals surface area contributed by atoms with Gasteiger partial charge in [-0.3, -0.25) is 4.79 Å². The van der Waals surface area contributed by atoms with E-state index in [0.717, 1.165) is 4.88 Å². The molecule has 0 radical (unpaired) electrons. The molecule has 130 valence electrons. The van der Waals surface area contributed by atoms with Crippen LogP contribution in [0.15, 0.2) is 52.4 Å². The Kier molecular flexibility index (Phi) is 5.45. The van der Waals surface area contributed by atoms with E-state index < -0.39 is 6.10 Å². The van der Waals surface area contributed by atoms with Crippen LogP contribution in [0.4, 0.5) is 0 Å². The van der Waals surface area contributed by atoms with Gasteiger partial charge in [-0.25, -0.2) is 0 Å². The van der Waals surface area contributed by atoms with E-state index in [-0.39, 0.29) is 12.5 Å². The zero-order chi connectivity index (χ0) is 17.6. The van der Waals surface area contributed by atoms with Gasteiger partial charge in [-0.05, 0) is 37.4 Å². The molecular weight excluding hydrogens is 338 g/mol. The second-order valence-corrected chi connectivity index (χ2v) is 6.36. The highest BCUT2D eigenvalue weighted by atomic mass is 32.1. The van der Waals surface area contributed by atoms with Crippen molar-refractivity contribution < 1.29 is 14.1 Å². The van der Waals surface area contributed by atoms with Crippen LogP contribution in [-0.2, 0) is 11.3 Å². The Balaban J connectivity index is 1.64. The molecule has 0 spiro atoms. The van der Waals surface area contributed by atoms with Crippen molar-refractivity contribution in [3.8, 4) is 16.5 Å². The molecule has 1 amide bonds. The summed E-state index contributed by atoms with van der Waals surface area (Å²) in [5.41, 5.74) is 0. The Morgan fingerprint density at radius 1 is 1.28 bits per heavy atom. The first-order valence-electron chi connectivity index (χ1n) is 8.04. The molecule has 0 N–H and O–H groups in total. The zero-order valence-electron chi connectivity index (χ0n) is 14.1. The summed E-state index contributed by atoms with van der Waals surface area (Å²) in [6.07, 6.45) is -0.595. The van der Waals surface area contributed by atoms with Crippen LogP contribution in [0.2, 0.25) is 0 Å². The first-order valence-corrected chi connectivity index (χ1v) is 8.92. The largest absolute Gasteiger partial charge is 0.481 e. The maximum absolute atomic E-state index is 12.6. The number of rotatable bonds is 7. The van der Waals surface area contributed by atoms with Crippen molar-refractivity contribution in [1.82, 2.24) is 15.0 Å². The fourth-order valence-corrected chi connectivity index (χ4v) is 2.99. The summed E-state index contributed by atoms with van der Waals surface area (Å²) >= 11 is 1.54. The normalized spacial score (nSPS) is 11.9. The number of carbonyl (C=O) groups is 1. The van der Waals surface area contributed by atoms with Crippen LogP contribution in [0.5, 0.6) is 5.75 Å². The lowest BCUT2D eigenvalue weighted by molar-refractivity contribution is -0.138. The van der Waals surface area contributed by atoms with Crippen LogP contribution in [-0.4, -0.2) is 33.6 Å². The van der Waals surface area contributed by atoms with Crippen LogP contribution in [0.25, 0.3) is 10.7 Å². The van der Waals surface area contributed by atoms with Crippen LogP contribution in [0.1, 0.15) is 19.7 Å². The lowest BCUT2D eigenvalue weighted by Crippen LogP contribution is -2.40. The highest BCUT2D eigenvalue weighted by Crippen LogP contribution is 2.21. The molecule has 7 heteroatoms. The van der Waals surface area contributed by atoms with Gasteiger partial charge in [0.2, 0.25) is 11.7 Å². The minimum atomic E-state index is -0.595. The van der Waals surface area contributed by atoms with E-state index >= 15 is 0 Å². The van der Waals surface area contributed by atoms with Gasteiger partial charge in [0.1, 0.15) is 12.3 Å². The number of ether oxygens (including phenoxy) is 1. The lowest BCUT2D eigenvalue weighted by atomic mass is 10.3. The number of hydrogen-bond acceptors (Lipinski definition) is 6. The van der Waals surface area contributed by atoms with E-state index in [9.17, 15) is 4.79 Å². The van der Waals surface area contributed by atoms with E-state index in [4.69, 9.17) is 9.26 Å². The molecule has 25 heavy (non-hydrogen) atoms. The lowest BCUT2D eigenvalue weighted by Gasteiger charge is -2.23. The van der Waals surface area contributed by atoms with Crippen molar-refractivity contribution >= 4 is 17.2 Å². The summed E-state index contributed by atoms with van der Waals surface area (Å²) in [6.45, 7) is 4.43. The van der Waals surface area contributed by atoms with Gasteiger partial charge in [-0.15, -0.1) is 11.3 Å². The van der Waals surface area contributed by atoms with Crippen LogP contribution in [0.3, 0.4) is 0 Å². The number of amides is 1. The molecule has 6 nitrogen and oxygen atoms in total. The number of hydrogen-bond donors (Lipinski definition) is 0. The standard InChI is InChI=1S/C18H19N3O3S/c1-3-21(18(22)13(2)23-14-8-5-4-6-9-14)12-16-19-17(20-24-16)15-10-7-11-25-15/h4-11,13H,3,12H2,1-2H3/t13-/m1/s1. The Morgan fingerprint density at radius 3 is 2.76 bits per heavy atom. The third-order valence-corrected chi connectivity index (χ3v) is 4.50. The number of thiophene rings is 1. The average Bonchev–Trinajstić information content (AvgIpc) is 3.31. The predicted octanol–water partition coefficient (Wildman–Crippen LogP) is 3.61. The second kappa shape index (κ2) is 7.94. The molecule has 2 heterocycles. The topological polar surface area (TPSA) is 68.5 Å². The highest BCUT2D eigenvalue weighted by molar-refractivity contribution is 7.13. The first kappa shape index (κ1) is 17.2.